The monoisotopic (exact) mass is 396 g/mol. The lowest BCUT2D eigenvalue weighted by atomic mass is 10.1. The number of halogens is 1. The minimum atomic E-state index is -1.26. The molecule has 1 unspecified atom stereocenters. The number of carbonyl (C=O) groups excluding carboxylic acids is 1. The summed E-state index contributed by atoms with van der Waals surface area (Å²) in [6, 6.07) is 20.1. The van der Waals surface area contributed by atoms with Crippen LogP contribution in [-0.4, -0.2) is 40.8 Å². The molecular formula is C24H29FN2O2. The van der Waals surface area contributed by atoms with Gasteiger partial charge in [-0.25, -0.2) is 9.18 Å². The number of alkyl halides is 1. The first-order valence-corrected chi connectivity index (χ1v) is 9.97. The van der Waals surface area contributed by atoms with Crippen molar-refractivity contribution in [2.45, 2.75) is 45.6 Å². The molecule has 3 rings (SSSR count). The quantitative estimate of drug-likeness (QED) is 0.700. The van der Waals surface area contributed by atoms with Crippen LogP contribution in [0, 0.1) is 0 Å². The number of benzene rings is 2. The maximum absolute atomic E-state index is 15.2. The highest BCUT2D eigenvalue weighted by Crippen LogP contribution is 2.24. The normalized spacial score (nSPS) is 16.9. The van der Waals surface area contributed by atoms with Crippen molar-refractivity contribution in [1.29, 1.82) is 0 Å². The molecule has 5 heteroatoms. The zero-order valence-electron chi connectivity index (χ0n) is 17.3. The molecule has 0 aromatic heterocycles. The number of rotatable bonds is 5. The number of hydrogen-bond donors (Lipinski definition) is 0. The molecule has 0 fully saturated rings. The molecule has 0 saturated heterocycles. The Morgan fingerprint density at radius 2 is 1.55 bits per heavy atom. The molecule has 4 nitrogen and oxygen atoms in total. The number of amides is 1. The van der Waals surface area contributed by atoms with Crippen LogP contribution in [0.5, 0.6) is 0 Å². The first-order valence-electron chi connectivity index (χ1n) is 9.97. The second-order valence-corrected chi connectivity index (χ2v) is 8.31. The third-order valence-electron chi connectivity index (χ3n) is 4.67. The van der Waals surface area contributed by atoms with E-state index in [0.29, 0.717) is 25.3 Å². The Bertz CT molecular complexity index is 789. The van der Waals surface area contributed by atoms with Gasteiger partial charge in [0, 0.05) is 25.3 Å². The van der Waals surface area contributed by atoms with Gasteiger partial charge in [-0.15, -0.1) is 0 Å². The van der Waals surface area contributed by atoms with Gasteiger partial charge >= 0.3 is 6.09 Å². The molecule has 0 N–H and O–H groups in total. The van der Waals surface area contributed by atoms with Gasteiger partial charge in [0.15, 0.2) is 6.17 Å². The van der Waals surface area contributed by atoms with E-state index in [1.54, 1.807) is 0 Å². The van der Waals surface area contributed by atoms with Gasteiger partial charge in [-0.2, -0.15) is 0 Å². The fourth-order valence-electron chi connectivity index (χ4n) is 3.34. The van der Waals surface area contributed by atoms with Crippen LogP contribution >= 0.6 is 0 Å². The van der Waals surface area contributed by atoms with Crippen LogP contribution in [-0.2, 0) is 17.8 Å². The van der Waals surface area contributed by atoms with Gasteiger partial charge in [0.1, 0.15) is 5.60 Å². The fourth-order valence-corrected chi connectivity index (χ4v) is 3.34. The average molecular weight is 397 g/mol. The molecule has 1 aliphatic rings. The predicted molar refractivity (Wildman–Crippen MR) is 113 cm³/mol. The molecule has 1 aliphatic heterocycles. The van der Waals surface area contributed by atoms with Gasteiger partial charge in [0.05, 0.1) is 6.54 Å². The first kappa shape index (κ1) is 20.9. The molecule has 2 aromatic rings. The maximum Gasteiger partial charge on any atom is 0.410 e. The number of carbonyl (C=O) groups is 1. The standard InChI is InChI=1S/C24H29FN2O2/c1-24(2,3)29-23(28)26-15-14-22(21(25)18-26)27(16-19-10-6-4-7-11-19)17-20-12-8-5-9-13-20/h4-14,21H,15-18H2,1-3H3. The van der Waals surface area contributed by atoms with Crippen molar-refractivity contribution in [1.82, 2.24) is 9.80 Å². The number of hydrogen-bond acceptors (Lipinski definition) is 3. The van der Waals surface area contributed by atoms with Crippen LogP contribution in [0.15, 0.2) is 72.4 Å². The zero-order chi connectivity index (χ0) is 20.9. The van der Waals surface area contributed by atoms with E-state index in [-0.39, 0.29) is 6.54 Å². The minimum absolute atomic E-state index is 0.000819. The summed E-state index contributed by atoms with van der Waals surface area (Å²) in [5.41, 5.74) is 2.26. The van der Waals surface area contributed by atoms with Gasteiger partial charge in [-0.1, -0.05) is 60.7 Å². The van der Waals surface area contributed by atoms with Crippen LogP contribution in [0.4, 0.5) is 9.18 Å². The van der Waals surface area contributed by atoms with E-state index in [9.17, 15) is 4.79 Å². The predicted octanol–water partition coefficient (Wildman–Crippen LogP) is 5.16. The third-order valence-corrected chi connectivity index (χ3v) is 4.67. The third kappa shape index (κ3) is 6.08. The van der Waals surface area contributed by atoms with E-state index in [0.717, 1.165) is 11.1 Å². The van der Waals surface area contributed by atoms with Gasteiger partial charge < -0.3 is 14.5 Å². The largest absolute Gasteiger partial charge is 0.444 e. The molecule has 1 amide bonds. The van der Waals surface area contributed by atoms with Crippen molar-refractivity contribution >= 4 is 6.09 Å². The maximum atomic E-state index is 15.2. The molecule has 1 atom stereocenters. The molecule has 0 spiro atoms. The van der Waals surface area contributed by atoms with Crippen LogP contribution < -0.4 is 0 Å². The SMILES string of the molecule is CC(C)(C)OC(=O)N1CC=C(N(Cc2ccccc2)Cc2ccccc2)C(F)C1. The Morgan fingerprint density at radius 3 is 2.00 bits per heavy atom. The highest BCUT2D eigenvalue weighted by molar-refractivity contribution is 5.68. The van der Waals surface area contributed by atoms with Crippen LogP contribution in [0.1, 0.15) is 31.9 Å². The molecular weight excluding hydrogens is 367 g/mol. The highest BCUT2D eigenvalue weighted by Gasteiger charge is 2.31. The second kappa shape index (κ2) is 9.12. The van der Waals surface area contributed by atoms with E-state index in [1.165, 1.54) is 4.90 Å². The van der Waals surface area contributed by atoms with E-state index in [2.05, 4.69) is 4.90 Å². The molecule has 0 radical (unpaired) electrons. The molecule has 29 heavy (non-hydrogen) atoms. The lowest BCUT2D eigenvalue weighted by molar-refractivity contribution is 0.0207. The zero-order valence-corrected chi connectivity index (χ0v) is 17.3. The molecule has 2 aromatic carbocycles. The highest BCUT2D eigenvalue weighted by atomic mass is 19.1. The van der Waals surface area contributed by atoms with E-state index >= 15 is 4.39 Å². The van der Waals surface area contributed by atoms with Gasteiger partial charge in [-0.05, 0) is 38.0 Å². The van der Waals surface area contributed by atoms with Crippen LogP contribution in [0.2, 0.25) is 0 Å². The Hall–Kier alpha value is -2.82. The summed E-state index contributed by atoms with van der Waals surface area (Å²) in [4.78, 5) is 15.8. The van der Waals surface area contributed by atoms with E-state index in [4.69, 9.17) is 4.74 Å². The number of nitrogens with zero attached hydrogens (tertiary/aromatic N) is 2. The van der Waals surface area contributed by atoms with E-state index < -0.39 is 17.9 Å². The van der Waals surface area contributed by atoms with Crippen LogP contribution in [0.3, 0.4) is 0 Å². The lowest BCUT2D eigenvalue weighted by Crippen LogP contribution is -2.45. The summed E-state index contributed by atoms with van der Waals surface area (Å²) < 4.78 is 20.6. The summed E-state index contributed by atoms with van der Waals surface area (Å²) in [6.45, 7) is 6.98. The summed E-state index contributed by atoms with van der Waals surface area (Å²) in [5.74, 6) is 0. The number of ether oxygens (including phenoxy) is 1. The molecule has 154 valence electrons. The average Bonchev–Trinajstić information content (AvgIpc) is 2.68. The lowest BCUT2D eigenvalue weighted by Gasteiger charge is -2.36. The van der Waals surface area contributed by atoms with Crippen LogP contribution in [0.25, 0.3) is 0 Å². The topological polar surface area (TPSA) is 32.8 Å². The summed E-state index contributed by atoms with van der Waals surface area (Å²) in [7, 11) is 0. The Balaban J connectivity index is 1.78. The first-order chi connectivity index (χ1) is 13.8. The van der Waals surface area contributed by atoms with Crippen molar-refractivity contribution in [2.24, 2.45) is 0 Å². The van der Waals surface area contributed by atoms with Gasteiger partial charge in [-0.3, -0.25) is 0 Å². The summed E-state index contributed by atoms with van der Waals surface area (Å²) >= 11 is 0. The molecule has 0 saturated carbocycles. The van der Waals surface area contributed by atoms with E-state index in [1.807, 2.05) is 87.5 Å². The second-order valence-electron chi connectivity index (χ2n) is 8.31. The van der Waals surface area contributed by atoms with Crippen molar-refractivity contribution in [3.05, 3.63) is 83.6 Å². The Labute approximate surface area is 172 Å². The fraction of sp³-hybridized carbons (Fsp3) is 0.375. The van der Waals surface area contributed by atoms with Gasteiger partial charge in [0.2, 0.25) is 0 Å². The van der Waals surface area contributed by atoms with Crippen molar-refractivity contribution in [3.63, 3.8) is 0 Å². The Morgan fingerprint density at radius 1 is 1.03 bits per heavy atom. The van der Waals surface area contributed by atoms with Gasteiger partial charge in [0.25, 0.3) is 0 Å². The summed E-state index contributed by atoms with van der Waals surface area (Å²) in [6.07, 6.45) is 0.0704. The summed E-state index contributed by atoms with van der Waals surface area (Å²) in [5, 5.41) is 0. The van der Waals surface area contributed by atoms with Crippen molar-refractivity contribution in [3.8, 4) is 0 Å². The van der Waals surface area contributed by atoms with Crippen molar-refractivity contribution in [2.75, 3.05) is 13.1 Å². The molecule has 0 aliphatic carbocycles. The Kier molecular flexibility index (Phi) is 6.57. The smallest absolute Gasteiger partial charge is 0.410 e. The molecule has 0 bridgehead atoms. The molecule has 1 heterocycles. The van der Waals surface area contributed by atoms with Crippen molar-refractivity contribution < 1.29 is 13.9 Å². The minimum Gasteiger partial charge on any atom is -0.444 e.